The van der Waals surface area contributed by atoms with Crippen LogP contribution in [0, 0.1) is 6.92 Å². The van der Waals surface area contributed by atoms with Gasteiger partial charge in [-0.2, -0.15) is 0 Å². The molecule has 0 aromatic heterocycles. The normalized spacial score (nSPS) is 12.0. The Morgan fingerprint density at radius 2 is 1.62 bits per heavy atom. The van der Waals surface area contributed by atoms with Gasteiger partial charge >= 0.3 is 0 Å². The van der Waals surface area contributed by atoms with Crippen molar-refractivity contribution in [1.29, 1.82) is 0 Å². The molecule has 3 aromatic rings. The summed E-state index contributed by atoms with van der Waals surface area (Å²) in [4.78, 5) is 18.1. The first-order valence-corrected chi connectivity index (χ1v) is 14.1. The maximum absolute atomic E-state index is 13.6. The third kappa shape index (κ3) is 9.19. The molecule has 0 saturated carbocycles. The number of benzene rings is 3. The van der Waals surface area contributed by atoms with Crippen LogP contribution in [0.25, 0.3) is 17.2 Å². The largest absolute Gasteiger partial charge is 0.493 e. The Balaban J connectivity index is 1.78. The lowest BCUT2D eigenvalue weighted by Gasteiger charge is -2.31. The van der Waals surface area contributed by atoms with Crippen molar-refractivity contribution in [2.75, 3.05) is 34.3 Å². The molecule has 0 saturated heterocycles. The number of unbranched alkanes of at least 4 members (excludes halogenated alkanes) is 2. The van der Waals surface area contributed by atoms with Gasteiger partial charge < -0.3 is 14.5 Å². The minimum absolute atomic E-state index is 0.0492. The number of ketones is 1. The second-order valence-electron chi connectivity index (χ2n) is 11.7. The molecule has 0 aliphatic rings. The van der Waals surface area contributed by atoms with Crippen LogP contribution in [0.2, 0.25) is 0 Å². The Bertz CT molecular complexity index is 1250. The summed E-state index contributed by atoms with van der Waals surface area (Å²) in [5, 5.41) is 0. The van der Waals surface area contributed by atoms with Gasteiger partial charge in [-0.1, -0.05) is 60.7 Å². The highest BCUT2D eigenvalue weighted by atomic mass is 16.5. The summed E-state index contributed by atoms with van der Waals surface area (Å²) in [6, 6.07) is 22.5. The summed E-state index contributed by atoms with van der Waals surface area (Å²) in [6.07, 6.45) is 6.79. The molecule has 0 heterocycles. The predicted octanol–water partition coefficient (Wildman–Crippen LogP) is 7.90. The average Bonchev–Trinajstić information content (AvgIpc) is 2.89. The highest BCUT2D eigenvalue weighted by Crippen LogP contribution is 2.30. The van der Waals surface area contributed by atoms with Gasteiger partial charge in [-0.15, -0.1) is 0 Å². The van der Waals surface area contributed by atoms with Gasteiger partial charge in [0, 0.05) is 12.1 Å². The Morgan fingerprint density at radius 3 is 2.33 bits per heavy atom. The van der Waals surface area contributed by atoms with E-state index in [1.54, 1.807) is 6.08 Å². The van der Waals surface area contributed by atoms with E-state index in [0.717, 1.165) is 49.0 Å². The number of hydrogen-bond donors (Lipinski definition) is 0. The summed E-state index contributed by atoms with van der Waals surface area (Å²) >= 11 is 0. The molecule has 0 N–H and O–H groups in total. The van der Waals surface area contributed by atoms with E-state index >= 15 is 0 Å². The van der Waals surface area contributed by atoms with Gasteiger partial charge in [0.2, 0.25) is 0 Å². The second-order valence-corrected chi connectivity index (χ2v) is 11.7. The summed E-state index contributed by atoms with van der Waals surface area (Å²) < 4.78 is 6.21. The van der Waals surface area contributed by atoms with Gasteiger partial charge in [0.05, 0.1) is 12.2 Å². The molecule has 4 nitrogen and oxygen atoms in total. The third-order valence-electron chi connectivity index (χ3n) is 7.20. The Morgan fingerprint density at radius 1 is 0.897 bits per heavy atom. The third-order valence-corrected chi connectivity index (χ3v) is 7.20. The number of allylic oxidation sites excluding steroid dienone is 1. The first kappa shape index (κ1) is 30.3. The van der Waals surface area contributed by atoms with Crippen molar-refractivity contribution in [2.45, 2.75) is 59.0 Å². The van der Waals surface area contributed by atoms with E-state index in [1.165, 1.54) is 11.1 Å². The molecule has 3 aromatic carbocycles. The highest BCUT2D eigenvalue weighted by molar-refractivity contribution is 6.09. The molecule has 0 bridgehead atoms. The van der Waals surface area contributed by atoms with Gasteiger partial charge in [-0.25, -0.2) is 0 Å². The van der Waals surface area contributed by atoms with E-state index in [0.29, 0.717) is 17.9 Å². The van der Waals surface area contributed by atoms with Crippen molar-refractivity contribution in [3.05, 3.63) is 95.1 Å². The molecule has 0 aliphatic heterocycles. The van der Waals surface area contributed by atoms with Crippen molar-refractivity contribution in [3.8, 4) is 16.9 Å². The summed E-state index contributed by atoms with van der Waals surface area (Å²) in [5.74, 6) is 0.599. The van der Waals surface area contributed by atoms with Gasteiger partial charge in [0.15, 0.2) is 5.78 Å². The monoisotopic (exact) mass is 526 g/mol. The van der Waals surface area contributed by atoms with E-state index in [-0.39, 0.29) is 11.3 Å². The number of rotatable bonds is 13. The quantitative estimate of drug-likeness (QED) is 0.129. The minimum Gasteiger partial charge on any atom is -0.493 e. The molecule has 3 rings (SSSR count). The molecule has 0 amide bonds. The summed E-state index contributed by atoms with van der Waals surface area (Å²) in [6.45, 7) is 11.3. The van der Waals surface area contributed by atoms with Crippen molar-refractivity contribution >= 4 is 11.9 Å². The number of ether oxygens (including phenoxy) is 1. The molecule has 208 valence electrons. The Hall–Kier alpha value is -3.21. The number of carbonyl (C=O) groups is 1. The van der Waals surface area contributed by atoms with E-state index in [2.05, 4.69) is 89.0 Å². The minimum atomic E-state index is -0.0492. The number of aryl methyl sites for hydroxylation is 1. The maximum Gasteiger partial charge on any atom is 0.189 e. The van der Waals surface area contributed by atoms with Gasteiger partial charge in [-0.3, -0.25) is 4.79 Å². The first-order valence-electron chi connectivity index (χ1n) is 14.1. The van der Waals surface area contributed by atoms with E-state index in [1.807, 2.05) is 42.5 Å². The van der Waals surface area contributed by atoms with Gasteiger partial charge in [0.25, 0.3) is 0 Å². The zero-order valence-electron chi connectivity index (χ0n) is 25.0. The van der Waals surface area contributed by atoms with Crippen LogP contribution in [0.3, 0.4) is 0 Å². The Labute approximate surface area is 236 Å². The average molecular weight is 527 g/mol. The number of carbonyl (C=O) groups excluding carboxylic acids is 1. The maximum atomic E-state index is 13.6. The van der Waals surface area contributed by atoms with E-state index < -0.39 is 0 Å². The number of nitrogens with zero attached hydrogens (tertiary/aromatic N) is 2. The fourth-order valence-corrected chi connectivity index (χ4v) is 4.49. The van der Waals surface area contributed by atoms with Gasteiger partial charge in [0.1, 0.15) is 5.75 Å². The van der Waals surface area contributed by atoms with Crippen molar-refractivity contribution in [3.63, 3.8) is 0 Å². The van der Waals surface area contributed by atoms with Crippen LogP contribution in [0.5, 0.6) is 5.75 Å². The molecule has 4 heteroatoms. The molecule has 0 unspecified atom stereocenters. The van der Waals surface area contributed by atoms with E-state index in [9.17, 15) is 4.79 Å². The molecular formula is C35H46N2O2. The lowest BCUT2D eigenvalue weighted by atomic mass is 9.96. The van der Waals surface area contributed by atoms with Crippen LogP contribution in [-0.4, -0.2) is 55.4 Å². The summed E-state index contributed by atoms with van der Waals surface area (Å²) in [5.41, 5.74) is 6.36. The van der Waals surface area contributed by atoms with Crippen LogP contribution >= 0.6 is 0 Å². The molecule has 0 atom stereocenters. The summed E-state index contributed by atoms with van der Waals surface area (Å²) in [7, 11) is 6.28. The van der Waals surface area contributed by atoms with Crippen LogP contribution < -0.4 is 4.74 Å². The topological polar surface area (TPSA) is 32.8 Å². The molecule has 0 spiro atoms. The van der Waals surface area contributed by atoms with E-state index in [4.69, 9.17) is 4.74 Å². The lowest BCUT2D eigenvalue weighted by Crippen LogP contribution is -2.38. The standard InChI is InChI=1S/C35H46N2O2/c1-27-15-9-12-18-31(27)29-20-22-34(39-24-14-8-13-23-37(7)35(2,3)4)32(25-29)33(38)21-19-28-16-10-11-17-30(28)26-36(5)6/h9-12,15-22,25H,8,13-14,23-24,26H2,1-7H3/b21-19+. The van der Waals surface area contributed by atoms with Crippen LogP contribution in [-0.2, 0) is 6.54 Å². The zero-order valence-corrected chi connectivity index (χ0v) is 25.0. The molecule has 0 aliphatic carbocycles. The van der Waals surface area contributed by atoms with Crippen LogP contribution in [0.1, 0.15) is 67.1 Å². The van der Waals surface area contributed by atoms with Crippen LogP contribution in [0.4, 0.5) is 0 Å². The van der Waals surface area contributed by atoms with Crippen molar-refractivity contribution in [2.24, 2.45) is 0 Å². The Kier molecular flexibility index (Phi) is 11.1. The van der Waals surface area contributed by atoms with Crippen molar-refractivity contribution in [1.82, 2.24) is 9.80 Å². The SMILES string of the molecule is Cc1ccccc1-c1ccc(OCCCCCN(C)C(C)(C)C)c(C(=O)/C=C/c2ccccc2CN(C)C)c1. The smallest absolute Gasteiger partial charge is 0.189 e. The van der Waals surface area contributed by atoms with Crippen LogP contribution in [0.15, 0.2) is 72.8 Å². The molecule has 0 radical (unpaired) electrons. The fraction of sp³-hybridized carbons (Fsp3) is 0.400. The molecule has 0 fully saturated rings. The predicted molar refractivity (Wildman–Crippen MR) is 166 cm³/mol. The fourth-order valence-electron chi connectivity index (χ4n) is 4.49. The van der Waals surface area contributed by atoms with Gasteiger partial charge in [-0.05, 0) is 121 Å². The molecule has 39 heavy (non-hydrogen) atoms. The number of hydrogen-bond acceptors (Lipinski definition) is 4. The molecular weight excluding hydrogens is 480 g/mol. The lowest BCUT2D eigenvalue weighted by molar-refractivity contribution is 0.104. The zero-order chi connectivity index (χ0) is 28.4. The second kappa shape index (κ2) is 14.3. The van der Waals surface area contributed by atoms with Crippen molar-refractivity contribution < 1.29 is 9.53 Å². The first-order chi connectivity index (χ1) is 18.6. The highest BCUT2D eigenvalue weighted by Gasteiger charge is 2.16.